The molecule has 3 unspecified atom stereocenters. The number of fused-ring (bicyclic) bond motifs is 7. The van der Waals surface area contributed by atoms with E-state index in [2.05, 4.69) is 159 Å². The summed E-state index contributed by atoms with van der Waals surface area (Å²) in [6, 6.07) is 38.8. The smallest absolute Gasteiger partial charge is 0 e. The maximum absolute atomic E-state index is 6.53. The predicted octanol–water partition coefficient (Wildman–Crippen LogP) is 14.8. The number of hydrogen-bond acceptors (Lipinski definition) is 5. The van der Waals surface area contributed by atoms with E-state index in [0.717, 1.165) is 73.5 Å². The molecule has 2 saturated carbocycles. The second-order valence-corrected chi connectivity index (χ2v) is 31.3. The van der Waals surface area contributed by atoms with Crippen LogP contribution in [0.2, 0.25) is 17.3 Å². The van der Waals surface area contributed by atoms with Crippen LogP contribution in [-0.2, 0) is 26.5 Å². The van der Waals surface area contributed by atoms with Gasteiger partial charge < -0.3 is 8.98 Å². The number of rotatable bonds is 9. The molecule has 4 aromatic carbocycles. The maximum atomic E-state index is 6.53. The molecule has 2 fully saturated rings. The van der Waals surface area contributed by atoms with Gasteiger partial charge in [0.1, 0.15) is 0 Å². The first-order valence-corrected chi connectivity index (χ1v) is 31.3. The molecule has 1 radical (unpaired) electrons. The second kappa shape index (κ2) is 18.6. The van der Waals surface area contributed by atoms with Crippen LogP contribution in [0.15, 0.2) is 114 Å². The molecule has 3 atom stereocenters. The molecule has 11 rings (SSSR count). The molecule has 2 aliphatic rings. The second-order valence-electron chi connectivity index (χ2n) is 20.7. The van der Waals surface area contributed by atoms with Crippen LogP contribution in [0.1, 0.15) is 107 Å². The van der Waals surface area contributed by atoms with Crippen LogP contribution in [0.4, 0.5) is 0 Å². The van der Waals surface area contributed by atoms with Gasteiger partial charge in [0.05, 0.1) is 28.6 Å². The molecule has 8 heteroatoms. The topological polar surface area (TPSA) is 69.6 Å². The van der Waals surface area contributed by atoms with Crippen LogP contribution in [0.25, 0.3) is 72.2 Å². The van der Waals surface area contributed by atoms with E-state index in [1.807, 2.05) is 30.6 Å². The SMILES string of the molecule is CC(C)c1ccc2c(n1)oc1c(-c3nc4cnccc4n3-c3c(C(C)C)cc4ccccc4c3C(C)C)[c-]ccc12.[CH3][Ge]([CH3])([CH3])[c]1cnc(-c2[c-]cccc2)cc1CC1CC2CCC1C2.[Ir]. The van der Waals surface area contributed by atoms with Gasteiger partial charge in [-0.25, -0.2) is 4.98 Å². The zero-order valence-corrected chi connectivity index (χ0v) is 44.4. The first-order valence-electron chi connectivity index (χ1n) is 23.9. The third-order valence-electron chi connectivity index (χ3n) is 14.3. The summed E-state index contributed by atoms with van der Waals surface area (Å²) in [7, 11) is 0. The fourth-order valence-corrected chi connectivity index (χ4v) is 14.4. The summed E-state index contributed by atoms with van der Waals surface area (Å²) in [6.07, 6.45) is 13.1. The third kappa shape index (κ3) is 8.61. The Bertz CT molecular complexity index is 3200. The molecular weight excluding hydrogens is 1050 g/mol. The largest absolute Gasteiger partial charge is 0 e. The van der Waals surface area contributed by atoms with Gasteiger partial charge in [-0.05, 0) is 63.9 Å². The summed E-state index contributed by atoms with van der Waals surface area (Å²) in [4.78, 5) is 19.3. The Morgan fingerprint density at radius 2 is 1.59 bits per heavy atom. The van der Waals surface area contributed by atoms with Crippen molar-refractivity contribution >= 4 is 61.5 Å². The quantitative estimate of drug-likeness (QED) is 0.106. The number of pyridine rings is 3. The van der Waals surface area contributed by atoms with Crippen LogP contribution in [-0.4, -0.2) is 37.8 Å². The van der Waals surface area contributed by atoms with Gasteiger partial charge in [-0.2, -0.15) is 0 Å². The third-order valence-corrected chi connectivity index (χ3v) is 18.6. The van der Waals surface area contributed by atoms with Gasteiger partial charge in [-0.3, -0.25) is 9.97 Å². The van der Waals surface area contributed by atoms with Crippen molar-refractivity contribution in [2.45, 2.75) is 109 Å². The zero-order chi connectivity index (χ0) is 45.1. The van der Waals surface area contributed by atoms with Crippen LogP contribution in [0, 0.1) is 29.9 Å². The summed E-state index contributed by atoms with van der Waals surface area (Å²) in [5.41, 5.74) is 12.7. The number of aromatic nitrogens is 5. The summed E-state index contributed by atoms with van der Waals surface area (Å²) in [5.74, 6) is 12.1. The van der Waals surface area contributed by atoms with E-state index in [1.54, 1.807) is 9.96 Å². The molecule has 5 aromatic heterocycles. The number of hydrogen-bond donors (Lipinski definition) is 0. The van der Waals surface area contributed by atoms with E-state index in [4.69, 9.17) is 19.4 Å². The molecule has 66 heavy (non-hydrogen) atoms. The Balaban J connectivity index is 0.000000187. The average Bonchev–Trinajstić information content (AvgIpc) is 4.10. The number of nitrogens with zero attached hydrogens (tertiary/aromatic N) is 5. The zero-order valence-electron chi connectivity index (χ0n) is 39.9. The molecule has 5 heterocycles. The van der Waals surface area contributed by atoms with Crippen molar-refractivity contribution in [1.82, 2.24) is 24.5 Å². The summed E-state index contributed by atoms with van der Waals surface area (Å²) >= 11 is -1.90. The van der Waals surface area contributed by atoms with E-state index in [-0.39, 0.29) is 26.0 Å². The Morgan fingerprint density at radius 3 is 2.30 bits per heavy atom. The molecule has 2 aliphatic carbocycles. The predicted molar refractivity (Wildman–Crippen MR) is 272 cm³/mol. The maximum Gasteiger partial charge on any atom is 0 e. The molecular formula is C58H61GeIrN5O-2. The molecule has 0 N–H and O–H groups in total. The van der Waals surface area contributed by atoms with Crippen LogP contribution >= 0.6 is 0 Å². The molecule has 2 bridgehead atoms. The van der Waals surface area contributed by atoms with Crippen molar-refractivity contribution in [1.29, 1.82) is 0 Å². The monoisotopic (exact) mass is 1110 g/mol. The van der Waals surface area contributed by atoms with Gasteiger partial charge >= 0.3 is 149 Å². The molecule has 339 valence electrons. The molecule has 6 nitrogen and oxygen atoms in total. The molecule has 0 spiro atoms. The first kappa shape index (κ1) is 46.2. The van der Waals surface area contributed by atoms with Gasteiger partial charge in [0, 0.05) is 43.1 Å². The normalized spacial score (nSPS) is 17.1. The van der Waals surface area contributed by atoms with Crippen molar-refractivity contribution in [3.8, 4) is 28.3 Å². The Labute approximate surface area is 406 Å². The van der Waals surface area contributed by atoms with Crippen molar-refractivity contribution in [3.63, 3.8) is 0 Å². The van der Waals surface area contributed by atoms with E-state index in [1.165, 1.54) is 59.7 Å². The fraction of sp³-hybridized carbons (Fsp3) is 0.345. The van der Waals surface area contributed by atoms with Gasteiger partial charge in [0.2, 0.25) is 5.71 Å². The Hall–Kier alpha value is -4.95. The Morgan fingerprint density at radius 1 is 0.773 bits per heavy atom. The average molecular weight is 1110 g/mol. The van der Waals surface area contributed by atoms with Crippen LogP contribution in [0.5, 0.6) is 0 Å². The van der Waals surface area contributed by atoms with Crippen molar-refractivity contribution < 1.29 is 24.5 Å². The van der Waals surface area contributed by atoms with Gasteiger partial charge in [-0.1, -0.05) is 76.8 Å². The first-order chi connectivity index (χ1) is 31.3. The minimum absolute atomic E-state index is 0. The van der Waals surface area contributed by atoms with E-state index in [0.29, 0.717) is 17.5 Å². The molecule has 0 amide bonds. The molecule has 0 aliphatic heterocycles. The summed E-state index contributed by atoms with van der Waals surface area (Å²) in [5, 5.41) is 4.54. The summed E-state index contributed by atoms with van der Waals surface area (Å²) in [6.45, 7) is 13.4. The van der Waals surface area contributed by atoms with E-state index in [9.17, 15) is 0 Å². The standard InChI is InChI=1S/C36H33N4O.C22H28GeN.Ir/c1-20(2)28-18-23-10-7-8-11-24(23)32(22(5)6)33(28)40-31-16-17-37-19-30(31)38-35(40)27-13-9-12-25-26-14-15-29(21(3)4)39-36(26)41-34(25)27;1-23(2,3)21-15-24-22(17-7-5-4-6-8-17)14-20(21)13-19-12-16-9-10-18(19)11-16;/h7-12,14-22H,1-6H3;4-7,14-16,18-19H,9-13H2,1-3H3;/q2*-1;. The van der Waals surface area contributed by atoms with E-state index < -0.39 is 13.3 Å². The number of benzene rings is 4. The molecule has 0 saturated heterocycles. The van der Waals surface area contributed by atoms with Crippen molar-refractivity contribution in [2.75, 3.05) is 0 Å². The number of furan rings is 1. The van der Waals surface area contributed by atoms with E-state index >= 15 is 0 Å². The minimum atomic E-state index is -1.90. The fourth-order valence-electron chi connectivity index (χ4n) is 11.1. The van der Waals surface area contributed by atoms with Crippen LogP contribution < -0.4 is 4.40 Å². The van der Waals surface area contributed by atoms with Crippen LogP contribution in [0.3, 0.4) is 0 Å². The van der Waals surface area contributed by atoms with Gasteiger partial charge in [-0.15, -0.1) is 18.2 Å². The number of imidazole rings is 1. The Kier molecular flexibility index (Phi) is 13.0. The van der Waals surface area contributed by atoms with Crippen molar-refractivity contribution in [3.05, 3.63) is 144 Å². The van der Waals surface area contributed by atoms with Gasteiger partial charge in [0.25, 0.3) is 0 Å². The molecule has 9 aromatic rings. The minimum Gasteiger partial charge on any atom is 0 e. The summed E-state index contributed by atoms with van der Waals surface area (Å²) < 4.78 is 10.5. The van der Waals surface area contributed by atoms with Crippen molar-refractivity contribution in [2.24, 2.45) is 17.8 Å². The van der Waals surface area contributed by atoms with Gasteiger partial charge in [0.15, 0.2) is 0 Å².